The number of aromatic nitrogens is 4. The Hall–Kier alpha value is -4.86. The maximum atomic E-state index is 15.0. The molecule has 3 aromatic heterocycles. The minimum Gasteiger partial charge on any atom is -0.494 e. The fourth-order valence-electron chi connectivity index (χ4n) is 7.61. The summed E-state index contributed by atoms with van der Waals surface area (Å²) in [6.45, 7) is 10.8. The average Bonchev–Trinajstić information content (AvgIpc) is 3.60. The lowest BCUT2D eigenvalue weighted by Crippen LogP contribution is -2.43. The van der Waals surface area contributed by atoms with Gasteiger partial charge in [0, 0.05) is 57.9 Å². The highest BCUT2D eigenvalue weighted by Crippen LogP contribution is 2.45. The summed E-state index contributed by atoms with van der Waals surface area (Å²) in [6.07, 6.45) is 2.80. The minimum atomic E-state index is -0.526. The molecule has 0 saturated heterocycles. The van der Waals surface area contributed by atoms with Crippen LogP contribution in [0.25, 0.3) is 32.9 Å². The Labute approximate surface area is 300 Å². The van der Waals surface area contributed by atoms with Gasteiger partial charge in [0.05, 0.1) is 28.4 Å². The third-order valence-electron chi connectivity index (χ3n) is 9.86. The molecule has 256 valence electrons. The molecule has 0 aliphatic carbocycles. The number of aryl methyl sites for hydroxylation is 6. The molecule has 1 aliphatic rings. The SMILES string of the molecule is Cc1cc(OCCCc2c3n(c4c(-c5c(C)ncnc5C)c(Cl)ccc24)C(C)CN(c2cccc4cc(C(N)=O)n(C)c24)C3=O)cc(C)c1Cl. The highest BCUT2D eigenvalue weighted by Gasteiger charge is 2.37. The number of carbonyl (C=O) groups is 2. The third-order valence-corrected chi connectivity index (χ3v) is 10.8. The molecule has 0 radical (unpaired) electrons. The Bertz CT molecular complexity index is 2330. The number of para-hydroxylation sites is 1. The second-order valence-corrected chi connectivity index (χ2v) is 14.0. The molecule has 2 N–H and O–H groups in total. The Morgan fingerprint density at radius 3 is 2.36 bits per heavy atom. The molecule has 0 saturated carbocycles. The number of primary amides is 1. The van der Waals surface area contributed by atoms with Gasteiger partial charge in [-0.25, -0.2) is 9.97 Å². The maximum absolute atomic E-state index is 15.0. The molecule has 11 heteroatoms. The zero-order valence-corrected chi connectivity index (χ0v) is 30.4. The van der Waals surface area contributed by atoms with E-state index < -0.39 is 5.91 Å². The van der Waals surface area contributed by atoms with E-state index in [4.69, 9.17) is 33.7 Å². The average molecular weight is 710 g/mol. The summed E-state index contributed by atoms with van der Waals surface area (Å²) in [4.78, 5) is 38.1. The highest BCUT2D eigenvalue weighted by atomic mass is 35.5. The first-order chi connectivity index (χ1) is 23.9. The number of anilines is 1. The van der Waals surface area contributed by atoms with Crippen molar-refractivity contribution in [3.8, 4) is 16.9 Å². The van der Waals surface area contributed by atoms with Crippen LogP contribution in [0.15, 0.2) is 54.9 Å². The van der Waals surface area contributed by atoms with Gasteiger partial charge in [0.25, 0.3) is 11.8 Å². The van der Waals surface area contributed by atoms with Gasteiger partial charge in [-0.15, -0.1) is 0 Å². The van der Waals surface area contributed by atoms with Crippen LogP contribution in [0.3, 0.4) is 0 Å². The number of ether oxygens (including phenoxy) is 1. The summed E-state index contributed by atoms with van der Waals surface area (Å²) in [7, 11) is 1.80. The first kappa shape index (κ1) is 33.6. The number of amides is 2. The lowest BCUT2D eigenvalue weighted by atomic mass is 9.97. The molecule has 0 bridgehead atoms. The largest absolute Gasteiger partial charge is 0.494 e. The maximum Gasteiger partial charge on any atom is 0.275 e. The third kappa shape index (κ3) is 5.40. The summed E-state index contributed by atoms with van der Waals surface area (Å²) >= 11 is 13.4. The summed E-state index contributed by atoms with van der Waals surface area (Å²) < 4.78 is 10.1. The monoisotopic (exact) mass is 708 g/mol. The number of fused-ring (bicyclic) bond motifs is 4. The van der Waals surface area contributed by atoms with Gasteiger partial charge in [0.1, 0.15) is 23.5 Å². The van der Waals surface area contributed by atoms with Crippen molar-refractivity contribution in [2.45, 2.75) is 53.5 Å². The normalized spacial score (nSPS) is 14.5. The Morgan fingerprint density at radius 2 is 1.68 bits per heavy atom. The second-order valence-electron chi connectivity index (χ2n) is 13.2. The van der Waals surface area contributed by atoms with E-state index >= 15 is 0 Å². The van der Waals surface area contributed by atoms with E-state index in [-0.39, 0.29) is 11.9 Å². The first-order valence-electron chi connectivity index (χ1n) is 16.6. The fraction of sp³-hybridized carbons (Fsp3) is 0.282. The van der Waals surface area contributed by atoms with Gasteiger partial charge in [-0.05, 0) is 94.5 Å². The first-order valence-corrected chi connectivity index (χ1v) is 17.4. The van der Waals surface area contributed by atoms with Crippen LogP contribution >= 0.6 is 23.2 Å². The summed E-state index contributed by atoms with van der Waals surface area (Å²) in [5.74, 6) is 0.105. The number of rotatable bonds is 8. The van der Waals surface area contributed by atoms with Crippen molar-refractivity contribution in [3.05, 3.63) is 104 Å². The molecule has 3 aromatic carbocycles. The van der Waals surface area contributed by atoms with Crippen LogP contribution in [-0.4, -0.2) is 44.1 Å². The van der Waals surface area contributed by atoms with Gasteiger partial charge >= 0.3 is 0 Å². The van der Waals surface area contributed by atoms with Crippen molar-refractivity contribution in [1.29, 1.82) is 0 Å². The summed E-state index contributed by atoms with van der Waals surface area (Å²) in [5, 5.41) is 3.09. The van der Waals surface area contributed by atoms with Crippen LogP contribution in [0.5, 0.6) is 5.75 Å². The van der Waals surface area contributed by atoms with Gasteiger partial charge in [-0.3, -0.25) is 9.59 Å². The van der Waals surface area contributed by atoms with Crippen molar-refractivity contribution < 1.29 is 14.3 Å². The van der Waals surface area contributed by atoms with E-state index in [0.717, 1.165) is 77.5 Å². The van der Waals surface area contributed by atoms with Crippen LogP contribution in [0, 0.1) is 27.7 Å². The van der Waals surface area contributed by atoms with Crippen molar-refractivity contribution >= 4 is 62.5 Å². The number of nitrogens with two attached hydrogens (primary N) is 1. The molecule has 2 amide bonds. The van der Waals surface area contributed by atoms with Crippen LogP contribution in [-0.2, 0) is 13.5 Å². The van der Waals surface area contributed by atoms with Crippen molar-refractivity contribution in [3.63, 3.8) is 0 Å². The molecule has 1 aliphatic heterocycles. The molecule has 0 spiro atoms. The van der Waals surface area contributed by atoms with Crippen molar-refractivity contribution in [2.75, 3.05) is 18.1 Å². The number of carbonyl (C=O) groups excluding carboxylic acids is 2. The fourth-order valence-corrected chi connectivity index (χ4v) is 7.96. The zero-order valence-electron chi connectivity index (χ0n) is 28.9. The predicted molar refractivity (Wildman–Crippen MR) is 200 cm³/mol. The number of hydrogen-bond donors (Lipinski definition) is 1. The number of halogens is 2. The molecular formula is C39H38Cl2N6O3. The van der Waals surface area contributed by atoms with Gasteiger partial charge in [-0.2, -0.15) is 0 Å². The van der Waals surface area contributed by atoms with E-state index in [0.29, 0.717) is 42.4 Å². The van der Waals surface area contributed by atoms with E-state index in [1.54, 1.807) is 24.0 Å². The molecule has 6 aromatic rings. The van der Waals surface area contributed by atoms with Crippen LogP contribution in [0.1, 0.15) is 68.4 Å². The topological polar surface area (TPSA) is 108 Å². The lowest BCUT2D eigenvalue weighted by Gasteiger charge is -2.35. The van der Waals surface area contributed by atoms with Gasteiger partial charge < -0.3 is 24.5 Å². The standard InChI is InChI=1S/C39H38Cl2N6O3/c1-20-15-26(16-21(2)34(20)41)50-14-8-10-27-28-12-13-29(40)33(32-23(4)43-19-44-24(32)5)36(28)47-22(3)18-46(39(49)37(27)47)30-11-7-9-25-17-31(38(42)48)45(6)35(25)30/h7,9,11-13,15-17,19,22H,8,10,14,18H2,1-6H3,(H2,42,48). The molecule has 0 fully saturated rings. The van der Waals surface area contributed by atoms with Gasteiger partial charge in [-0.1, -0.05) is 41.4 Å². The number of hydrogen-bond acceptors (Lipinski definition) is 5. The molecule has 4 heterocycles. The van der Waals surface area contributed by atoms with Crippen LogP contribution < -0.4 is 15.4 Å². The van der Waals surface area contributed by atoms with Crippen LogP contribution in [0.2, 0.25) is 10.0 Å². The van der Waals surface area contributed by atoms with Crippen molar-refractivity contribution in [2.24, 2.45) is 12.8 Å². The quantitative estimate of drug-likeness (QED) is 0.160. The highest BCUT2D eigenvalue weighted by molar-refractivity contribution is 6.35. The molecule has 1 atom stereocenters. The summed E-state index contributed by atoms with van der Waals surface area (Å²) in [6, 6.07) is 15.2. The lowest BCUT2D eigenvalue weighted by molar-refractivity contribution is 0.0956. The van der Waals surface area contributed by atoms with E-state index in [1.807, 2.05) is 75.1 Å². The summed E-state index contributed by atoms with van der Waals surface area (Å²) in [5.41, 5.74) is 15.2. The minimum absolute atomic E-state index is 0.131. The van der Waals surface area contributed by atoms with E-state index in [9.17, 15) is 9.59 Å². The van der Waals surface area contributed by atoms with E-state index in [2.05, 4.69) is 21.5 Å². The van der Waals surface area contributed by atoms with Gasteiger partial charge in [0.2, 0.25) is 0 Å². The molecular weight excluding hydrogens is 671 g/mol. The predicted octanol–water partition coefficient (Wildman–Crippen LogP) is 8.46. The molecule has 50 heavy (non-hydrogen) atoms. The Kier molecular flexibility index (Phi) is 8.60. The van der Waals surface area contributed by atoms with Crippen LogP contribution in [0.4, 0.5) is 5.69 Å². The molecule has 7 rings (SSSR count). The zero-order chi connectivity index (χ0) is 35.6. The Morgan fingerprint density at radius 1 is 0.980 bits per heavy atom. The number of nitrogens with zero attached hydrogens (tertiary/aromatic N) is 5. The van der Waals surface area contributed by atoms with Gasteiger partial charge in [0.15, 0.2) is 0 Å². The molecule has 9 nitrogen and oxygen atoms in total. The second kappa shape index (κ2) is 12.8. The number of benzene rings is 3. The Balaban J connectivity index is 1.38. The van der Waals surface area contributed by atoms with E-state index in [1.165, 1.54) is 0 Å². The van der Waals surface area contributed by atoms with Crippen molar-refractivity contribution in [1.82, 2.24) is 19.1 Å². The molecule has 1 unspecified atom stereocenters. The smallest absolute Gasteiger partial charge is 0.275 e.